The Balaban J connectivity index is 1.22. The molecule has 0 heterocycles. The van der Waals surface area contributed by atoms with Crippen molar-refractivity contribution in [3.63, 3.8) is 0 Å². The molecule has 6 aliphatic rings. The molecule has 0 aromatic heterocycles. The maximum atomic E-state index is 6.32. The van der Waals surface area contributed by atoms with Crippen LogP contribution in [-0.2, 0) is 4.74 Å². The molecule has 11 atom stereocenters. The zero-order valence-corrected chi connectivity index (χ0v) is 21.5. The Hall–Kier alpha value is -0.300. The zero-order valence-electron chi connectivity index (χ0n) is 21.5. The van der Waals surface area contributed by atoms with E-state index in [-0.39, 0.29) is 0 Å². The smallest absolute Gasteiger partial charge is 0.0638 e. The molecule has 1 heteroatoms. The third-order valence-electron chi connectivity index (χ3n) is 13.1. The van der Waals surface area contributed by atoms with Gasteiger partial charge in [0.2, 0.25) is 0 Å². The number of methoxy groups -OCH3 is 1. The van der Waals surface area contributed by atoms with E-state index in [1.54, 1.807) is 11.1 Å². The molecule has 5 saturated carbocycles. The Labute approximate surface area is 192 Å². The lowest BCUT2D eigenvalue weighted by Gasteiger charge is -2.61. The monoisotopic (exact) mass is 424 g/mol. The van der Waals surface area contributed by atoms with Crippen LogP contribution in [0.25, 0.3) is 0 Å². The van der Waals surface area contributed by atoms with Gasteiger partial charge >= 0.3 is 0 Å². The first-order chi connectivity index (χ1) is 14.7. The minimum atomic E-state index is 0.553. The number of hydrogen-bond donors (Lipinski definition) is 0. The molecule has 174 valence electrons. The van der Waals surface area contributed by atoms with Crippen molar-refractivity contribution in [2.45, 2.75) is 105 Å². The first kappa shape index (κ1) is 21.2. The van der Waals surface area contributed by atoms with Gasteiger partial charge < -0.3 is 4.74 Å². The minimum Gasteiger partial charge on any atom is -0.381 e. The van der Waals surface area contributed by atoms with E-state index in [0.29, 0.717) is 22.3 Å². The predicted molar refractivity (Wildman–Crippen MR) is 129 cm³/mol. The van der Waals surface area contributed by atoms with Gasteiger partial charge in [-0.3, -0.25) is 0 Å². The van der Waals surface area contributed by atoms with Crippen molar-refractivity contribution in [2.24, 2.45) is 63.6 Å². The van der Waals surface area contributed by atoms with Crippen molar-refractivity contribution >= 4 is 0 Å². The molecule has 1 spiro atoms. The molecule has 0 aromatic rings. The quantitative estimate of drug-likeness (QED) is 0.408. The number of allylic oxidation sites excluding steroid dienone is 2. The minimum absolute atomic E-state index is 0.553. The SMILES string of the molecule is CO[C@@H]1C[C@H]2[C@@H]3CC[C@H]([C@H](C)C[C@H]4C(C)=C4C(C)C)[C@@]3(C)CC[C@@H]2[C@@]2(C)CC[C@@H]3C[C@]312. The van der Waals surface area contributed by atoms with Crippen LogP contribution in [0.1, 0.15) is 99.3 Å². The highest BCUT2D eigenvalue weighted by Crippen LogP contribution is 2.82. The first-order valence-electron chi connectivity index (χ1n) is 13.9. The van der Waals surface area contributed by atoms with Crippen molar-refractivity contribution in [1.82, 2.24) is 0 Å². The summed E-state index contributed by atoms with van der Waals surface area (Å²) in [6.45, 7) is 15.3. The van der Waals surface area contributed by atoms with Gasteiger partial charge in [0.15, 0.2) is 0 Å². The third kappa shape index (κ3) is 2.54. The first-order valence-corrected chi connectivity index (χ1v) is 13.9. The van der Waals surface area contributed by atoms with Crippen molar-refractivity contribution < 1.29 is 4.74 Å². The third-order valence-corrected chi connectivity index (χ3v) is 13.1. The Kier molecular flexibility index (Phi) is 4.55. The van der Waals surface area contributed by atoms with Crippen LogP contribution in [0.5, 0.6) is 0 Å². The summed E-state index contributed by atoms with van der Waals surface area (Å²) < 4.78 is 6.32. The fourth-order valence-corrected chi connectivity index (χ4v) is 11.7. The molecule has 6 rings (SSSR count). The van der Waals surface area contributed by atoms with Gasteiger partial charge in [0.1, 0.15) is 0 Å². The molecule has 0 radical (unpaired) electrons. The average molecular weight is 425 g/mol. The Morgan fingerprint density at radius 1 is 1.00 bits per heavy atom. The van der Waals surface area contributed by atoms with Crippen LogP contribution in [0.4, 0.5) is 0 Å². The maximum absolute atomic E-state index is 6.32. The lowest BCUT2D eigenvalue weighted by molar-refractivity contribution is -0.161. The van der Waals surface area contributed by atoms with Gasteiger partial charge in [0, 0.05) is 18.4 Å². The van der Waals surface area contributed by atoms with Gasteiger partial charge in [-0.1, -0.05) is 45.8 Å². The van der Waals surface area contributed by atoms with E-state index < -0.39 is 0 Å². The lowest BCUT2D eigenvalue weighted by atomic mass is 9.45. The van der Waals surface area contributed by atoms with E-state index in [2.05, 4.69) is 41.5 Å². The Bertz CT molecular complexity index is 794. The van der Waals surface area contributed by atoms with Crippen LogP contribution in [-0.4, -0.2) is 13.2 Å². The van der Waals surface area contributed by atoms with Gasteiger partial charge in [-0.25, -0.2) is 0 Å². The van der Waals surface area contributed by atoms with E-state index in [4.69, 9.17) is 4.74 Å². The van der Waals surface area contributed by atoms with E-state index in [1.807, 2.05) is 7.11 Å². The van der Waals surface area contributed by atoms with Crippen LogP contribution < -0.4 is 0 Å². The molecule has 0 saturated heterocycles. The van der Waals surface area contributed by atoms with Crippen LogP contribution >= 0.6 is 0 Å². The van der Waals surface area contributed by atoms with Crippen molar-refractivity contribution in [3.8, 4) is 0 Å². The maximum Gasteiger partial charge on any atom is 0.0638 e. The highest BCUT2D eigenvalue weighted by molar-refractivity contribution is 5.40. The number of rotatable bonds is 5. The van der Waals surface area contributed by atoms with Gasteiger partial charge in [-0.15, -0.1) is 0 Å². The molecule has 0 bridgehead atoms. The van der Waals surface area contributed by atoms with Crippen molar-refractivity contribution in [2.75, 3.05) is 7.11 Å². The second-order valence-corrected chi connectivity index (χ2v) is 14.0. The zero-order chi connectivity index (χ0) is 21.9. The number of ether oxygens (including phenoxy) is 1. The van der Waals surface area contributed by atoms with Crippen LogP contribution in [0.3, 0.4) is 0 Å². The molecule has 5 fully saturated rings. The molecular formula is C30H48O. The molecule has 0 aromatic carbocycles. The molecule has 0 amide bonds. The average Bonchev–Trinajstić information content (AvgIpc) is 3.52. The molecular weight excluding hydrogens is 376 g/mol. The Morgan fingerprint density at radius 2 is 1.77 bits per heavy atom. The van der Waals surface area contributed by atoms with Crippen molar-refractivity contribution in [1.29, 1.82) is 0 Å². The highest BCUT2D eigenvalue weighted by atomic mass is 16.5. The summed E-state index contributed by atoms with van der Waals surface area (Å²) in [4.78, 5) is 0. The Morgan fingerprint density at radius 3 is 2.42 bits per heavy atom. The normalized spacial score (nSPS) is 55.5. The van der Waals surface area contributed by atoms with Crippen LogP contribution in [0.2, 0.25) is 0 Å². The summed E-state index contributed by atoms with van der Waals surface area (Å²) in [5, 5.41) is 0. The van der Waals surface area contributed by atoms with Gasteiger partial charge in [-0.05, 0) is 117 Å². The van der Waals surface area contributed by atoms with Crippen LogP contribution in [0, 0.1) is 63.6 Å². The summed E-state index contributed by atoms with van der Waals surface area (Å²) >= 11 is 0. The lowest BCUT2D eigenvalue weighted by Crippen LogP contribution is -2.57. The standard InChI is InChI=1S/C30H48O/c1-17(2)27-19(4)21(27)14-18(3)23-8-9-24-22-15-26(31-7)30-16-20(30)10-13-29(30,6)25(22)11-12-28(23,24)5/h17-18,20-26H,8-16H2,1-7H3/t18-,20-,21+,22+,23-,24+,25+,26-,28-,29-,30+/m1/s1. The summed E-state index contributed by atoms with van der Waals surface area (Å²) in [5.74, 6) is 7.32. The summed E-state index contributed by atoms with van der Waals surface area (Å²) in [6.07, 6.45) is 13.9. The molecule has 0 aliphatic heterocycles. The van der Waals surface area contributed by atoms with Crippen LogP contribution in [0.15, 0.2) is 11.1 Å². The summed E-state index contributed by atoms with van der Waals surface area (Å²) in [7, 11) is 2.03. The van der Waals surface area contributed by atoms with Crippen molar-refractivity contribution in [3.05, 3.63) is 11.1 Å². The van der Waals surface area contributed by atoms with E-state index >= 15 is 0 Å². The summed E-state index contributed by atoms with van der Waals surface area (Å²) in [6, 6.07) is 0. The molecule has 6 aliphatic carbocycles. The molecule has 31 heavy (non-hydrogen) atoms. The fraction of sp³-hybridized carbons (Fsp3) is 0.933. The molecule has 1 nitrogen and oxygen atoms in total. The largest absolute Gasteiger partial charge is 0.381 e. The van der Waals surface area contributed by atoms with E-state index in [0.717, 1.165) is 47.3 Å². The predicted octanol–water partition coefficient (Wildman–Crippen LogP) is 7.90. The fourth-order valence-electron chi connectivity index (χ4n) is 11.7. The number of hydrogen-bond acceptors (Lipinski definition) is 1. The molecule has 0 unspecified atom stereocenters. The molecule has 0 N–H and O–H groups in total. The number of fused-ring (bicyclic) bond motifs is 4. The topological polar surface area (TPSA) is 9.23 Å². The van der Waals surface area contributed by atoms with Gasteiger partial charge in [0.25, 0.3) is 0 Å². The van der Waals surface area contributed by atoms with E-state index in [9.17, 15) is 0 Å². The van der Waals surface area contributed by atoms with Gasteiger partial charge in [-0.2, -0.15) is 0 Å². The second kappa shape index (κ2) is 6.64. The summed E-state index contributed by atoms with van der Waals surface area (Å²) in [5.41, 5.74) is 5.27. The highest BCUT2D eigenvalue weighted by Gasteiger charge is 2.77. The van der Waals surface area contributed by atoms with Gasteiger partial charge in [0.05, 0.1) is 6.10 Å². The second-order valence-electron chi connectivity index (χ2n) is 14.0. The van der Waals surface area contributed by atoms with E-state index in [1.165, 1.54) is 57.8 Å².